The minimum atomic E-state index is 0.329. The third kappa shape index (κ3) is 2.35. The smallest absolute Gasteiger partial charge is 0.109 e. The van der Waals surface area contributed by atoms with E-state index in [-0.39, 0.29) is 0 Å². The Morgan fingerprint density at radius 2 is 1.88 bits per heavy atom. The van der Waals surface area contributed by atoms with Gasteiger partial charge >= 0.3 is 0 Å². The first-order valence-corrected chi connectivity index (χ1v) is 9.39. The highest BCUT2D eigenvalue weighted by Crippen LogP contribution is 2.50. The maximum atomic E-state index is 7.46. The molecule has 0 saturated carbocycles. The van der Waals surface area contributed by atoms with Gasteiger partial charge in [0.15, 0.2) is 0 Å². The minimum absolute atomic E-state index is 0.329. The molecule has 4 atom stereocenters. The summed E-state index contributed by atoms with van der Waals surface area (Å²) in [6, 6.07) is 0. The van der Waals surface area contributed by atoms with Crippen LogP contribution in [-0.2, 0) is 4.74 Å². The van der Waals surface area contributed by atoms with Gasteiger partial charge in [0.05, 0.1) is 0 Å². The molecule has 2 heteroatoms. The van der Waals surface area contributed by atoms with Crippen molar-refractivity contribution in [3.8, 4) is 0 Å². The molecule has 4 aliphatic carbocycles. The van der Waals surface area contributed by atoms with Gasteiger partial charge in [0.1, 0.15) is 11.9 Å². The van der Waals surface area contributed by atoms with E-state index in [1.165, 1.54) is 28.7 Å². The van der Waals surface area contributed by atoms with Gasteiger partial charge in [-0.15, -0.1) is 0 Å². The van der Waals surface area contributed by atoms with Crippen molar-refractivity contribution in [3.05, 3.63) is 82.7 Å². The average molecular weight is 329 g/mol. The number of fused-ring (bicyclic) bond motifs is 4. The topological polar surface area (TPSA) is 33.1 Å². The van der Waals surface area contributed by atoms with Crippen LogP contribution in [0, 0.1) is 23.2 Å². The summed E-state index contributed by atoms with van der Waals surface area (Å²) in [6.45, 7) is 0. The van der Waals surface area contributed by atoms with Crippen LogP contribution in [0.2, 0.25) is 0 Å². The summed E-state index contributed by atoms with van der Waals surface area (Å²) in [5, 5.41) is 7.46. The standard InChI is InChI=1S/C23H23NO/c24-14-15-9-11-16(12-10-15)20-13-21-18-6-3-4-8-22(18)25-23(21)19-7-2-1-5-17(19)20/h1-3,5-7,9,11,13-14,17-19,22,24H,4,8,10,12H2. The van der Waals surface area contributed by atoms with Crippen LogP contribution in [0.15, 0.2) is 82.7 Å². The molecule has 1 N–H and O–H groups in total. The summed E-state index contributed by atoms with van der Waals surface area (Å²) >= 11 is 0. The van der Waals surface area contributed by atoms with Gasteiger partial charge in [-0.05, 0) is 42.4 Å². The van der Waals surface area contributed by atoms with Gasteiger partial charge in [0, 0.05) is 29.5 Å². The lowest BCUT2D eigenvalue weighted by atomic mass is 9.71. The number of allylic oxidation sites excluding steroid dienone is 11. The van der Waals surface area contributed by atoms with Gasteiger partial charge in [-0.25, -0.2) is 0 Å². The molecule has 0 bridgehead atoms. The third-order valence-electron chi connectivity index (χ3n) is 6.13. The molecule has 0 aromatic rings. The molecule has 0 spiro atoms. The second-order valence-corrected chi connectivity index (χ2v) is 7.51. The average Bonchev–Trinajstić information content (AvgIpc) is 3.06. The van der Waals surface area contributed by atoms with Gasteiger partial charge in [-0.3, -0.25) is 0 Å². The van der Waals surface area contributed by atoms with Gasteiger partial charge in [-0.1, -0.05) is 54.7 Å². The fourth-order valence-electron chi connectivity index (χ4n) is 4.82. The van der Waals surface area contributed by atoms with Gasteiger partial charge in [-0.2, -0.15) is 0 Å². The number of hydrogen-bond acceptors (Lipinski definition) is 2. The van der Waals surface area contributed by atoms with Crippen LogP contribution >= 0.6 is 0 Å². The Kier molecular flexibility index (Phi) is 3.51. The van der Waals surface area contributed by atoms with Crippen molar-refractivity contribution in [3.63, 3.8) is 0 Å². The van der Waals surface area contributed by atoms with Crippen molar-refractivity contribution >= 4 is 6.21 Å². The van der Waals surface area contributed by atoms with E-state index < -0.39 is 0 Å². The number of ether oxygens (including phenoxy) is 1. The molecule has 0 fully saturated rings. The molecule has 4 unspecified atom stereocenters. The zero-order valence-electron chi connectivity index (χ0n) is 14.3. The lowest BCUT2D eigenvalue weighted by Crippen LogP contribution is -2.23. The van der Waals surface area contributed by atoms with E-state index >= 15 is 0 Å². The van der Waals surface area contributed by atoms with Crippen LogP contribution in [0.5, 0.6) is 0 Å². The molecular formula is C23H23NO. The molecule has 25 heavy (non-hydrogen) atoms. The minimum Gasteiger partial charge on any atom is -0.493 e. The van der Waals surface area contributed by atoms with E-state index in [4.69, 9.17) is 10.1 Å². The number of rotatable bonds is 2. The molecule has 0 radical (unpaired) electrons. The first-order chi connectivity index (χ1) is 12.3. The van der Waals surface area contributed by atoms with Crippen LogP contribution in [0.25, 0.3) is 0 Å². The van der Waals surface area contributed by atoms with Gasteiger partial charge in [0.25, 0.3) is 0 Å². The number of nitrogens with one attached hydrogen (secondary N) is 1. The molecule has 0 aromatic carbocycles. The molecule has 1 heterocycles. The molecule has 0 aromatic heterocycles. The summed E-state index contributed by atoms with van der Waals surface area (Å²) in [5.74, 6) is 2.36. The molecular weight excluding hydrogens is 306 g/mol. The second-order valence-electron chi connectivity index (χ2n) is 7.51. The molecule has 1 aliphatic heterocycles. The summed E-state index contributed by atoms with van der Waals surface area (Å²) in [7, 11) is 0. The molecule has 126 valence electrons. The van der Waals surface area contributed by atoms with E-state index in [0.717, 1.165) is 31.3 Å². The molecule has 2 nitrogen and oxygen atoms in total. The summed E-state index contributed by atoms with van der Waals surface area (Å²) in [6.07, 6.45) is 26.5. The van der Waals surface area contributed by atoms with Gasteiger partial charge in [0.2, 0.25) is 0 Å². The van der Waals surface area contributed by atoms with Crippen molar-refractivity contribution in [1.82, 2.24) is 0 Å². The van der Waals surface area contributed by atoms with Crippen molar-refractivity contribution < 1.29 is 4.74 Å². The first-order valence-electron chi connectivity index (χ1n) is 9.39. The predicted molar refractivity (Wildman–Crippen MR) is 101 cm³/mol. The van der Waals surface area contributed by atoms with Crippen molar-refractivity contribution in [2.45, 2.75) is 31.8 Å². The van der Waals surface area contributed by atoms with Crippen LogP contribution < -0.4 is 0 Å². The lowest BCUT2D eigenvalue weighted by molar-refractivity contribution is 0.0963. The zero-order chi connectivity index (χ0) is 16.8. The Hall–Kier alpha value is -2.35. The highest BCUT2D eigenvalue weighted by Gasteiger charge is 2.43. The summed E-state index contributed by atoms with van der Waals surface area (Å²) in [5.41, 5.74) is 5.40. The molecule has 0 amide bonds. The maximum absolute atomic E-state index is 7.46. The normalized spacial score (nSPS) is 35.1. The zero-order valence-corrected chi connectivity index (χ0v) is 14.3. The van der Waals surface area contributed by atoms with Crippen LogP contribution in [-0.4, -0.2) is 12.3 Å². The Labute approximate surface area is 149 Å². The Bertz CT molecular complexity index is 830. The second kappa shape index (κ2) is 5.87. The summed E-state index contributed by atoms with van der Waals surface area (Å²) in [4.78, 5) is 0. The Balaban J connectivity index is 1.59. The van der Waals surface area contributed by atoms with E-state index in [0.29, 0.717) is 23.9 Å². The van der Waals surface area contributed by atoms with E-state index in [1.807, 2.05) is 0 Å². The fraction of sp³-hybridized carbons (Fsp3) is 0.348. The Morgan fingerprint density at radius 3 is 2.68 bits per heavy atom. The molecule has 5 rings (SSSR count). The van der Waals surface area contributed by atoms with Crippen molar-refractivity contribution in [2.75, 3.05) is 0 Å². The van der Waals surface area contributed by atoms with E-state index in [1.54, 1.807) is 0 Å². The predicted octanol–water partition coefficient (Wildman–Crippen LogP) is 5.20. The molecule has 0 saturated heterocycles. The van der Waals surface area contributed by atoms with Crippen molar-refractivity contribution in [2.24, 2.45) is 17.8 Å². The monoisotopic (exact) mass is 329 g/mol. The maximum Gasteiger partial charge on any atom is 0.109 e. The highest BCUT2D eigenvalue weighted by molar-refractivity contribution is 5.77. The van der Waals surface area contributed by atoms with Crippen molar-refractivity contribution in [1.29, 1.82) is 5.41 Å². The number of hydrogen-bond donors (Lipinski definition) is 1. The quantitative estimate of drug-likeness (QED) is 0.548. The van der Waals surface area contributed by atoms with Crippen LogP contribution in [0.4, 0.5) is 0 Å². The van der Waals surface area contributed by atoms with Crippen LogP contribution in [0.1, 0.15) is 25.7 Å². The Morgan fingerprint density at radius 1 is 1.00 bits per heavy atom. The van der Waals surface area contributed by atoms with Crippen LogP contribution in [0.3, 0.4) is 0 Å². The summed E-state index contributed by atoms with van der Waals surface area (Å²) < 4.78 is 6.45. The molecule has 5 aliphatic rings. The lowest BCUT2D eigenvalue weighted by Gasteiger charge is -2.33. The highest BCUT2D eigenvalue weighted by atomic mass is 16.5. The fourth-order valence-corrected chi connectivity index (χ4v) is 4.82. The SMILES string of the molecule is N=CC1=CC=C(C2=CC3=C(OC4CCC=CC34)C3C=CC=CC23)CC1. The van der Waals surface area contributed by atoms with Gasteiger partial charge < -0.3 is 10.1 Å². The largest absolute Gasteiger partial charge is 0.493 e. The van der Waals surface area contributed by atoms with E-state index in [9.17, 15) is 0 Å². The third-order valence-corrected chi connectivity index (χ3v) is 6.13. The van der Waals surface area contributed by atoms with E-state index in [2.05, 4.69) is 54.7 Å². The first kappa shape index (κ1) is 14.9.